The molecule has 2 N–H and O–H groups in total. The first-order valence-corrected chi connectivity index (χ1v) is 10.2. The number of nitrogens with one attached hydrogen (secondary N) is 2. The van der Waals surface area contributed by atoms with E-state index in [1.807, 2.05) is 12.4 Å². The summed E-state index contributed by atoms with van der Waals surface area (Å²) in [4.78, 5) is 15.8. The Hall–Kier alpha value is -3.40. The molecule has 5 aromatic rings. The van der Waals surface area contributed by atoms with Gasteiger partial charge in [-0.15, -0.1) is 0 Å². The van der Waals surface area contributed by atoms with Gasteiger partial charge in [-0.2, -0.15) is 0 Å². The van der Waals surface area contributed by atoms with Crippen LogP contribution in [0.5, 0.6) is 0 Å². The first-order valence-electron chi connectivity index (χ1n) is 10.2. The fraction of sp³-hybridized carbons (Fsp3) is 0.200. The van der Waals surface area contributed by atoms with Gasteiger partial charge in [0.25, 0.3) is 0 Å². The Kier molecular flexibility index (Phi) is 4.20. The molecule has 0 fully saturated rings. The fourth-order valence-corrected chi connectivity index (χ4v) is 3.80. The standard InChI is InChI=1S/C25H24N4/c1-4-24-26-13-22(28-24)18-7-5-16-10-21-12-19(8-6-17(21)9-20(16)11-18)23-14-27-25(29-23)15(2)3/h5-15H,4H2,1-3H3,(H,26,28)(H,27,29). The average Bonchev–Trinajstić information content (AvgIpc) is 3.41. The first-order chi connectivity index (χ1) is 14.1. The van der Waals surface area contributed by atoms with Gasteiger partial charge < -0.3 is 9.97 Å². The normalized spacial score (nSPS) is 11.7. The number of H-pyrrole nitrogens is 2. The molecule has 0 amide bonds. The third-order valence-corrected chi connectivity index (χ3v) is 5.52. The maximum atomic E-state index is 4.50. The van der Waals surface area contributed by atoms with Crippen LogP contribution in [0.15, 0.2) is 60.9 Å². The van der Waals surface area contributed by atoms with Crippen molar-refractivity contribution in [3.05, 3.63) is 72.6 Å². The number of fused-ring (bicyclic) bond motifs is 2. The molecule has 29 heavy (non-hydrogen) atoms. The molecule has 4 heteroatoms. The van der Waals surface area contributed by atoms with E-state index in [9.17, 15) is 0 Å². The highest BCUT2D eigenvalue weighted by atomic mass is 14.9. The van der Waals surface area contributed by atoms with Gasteiger partial charge in [0.15, 0.2) is 0 Å². The summed E-state index contributed by atoms with van der Waals surface area (Å²) in [7, 11) is 0. The second kappa shape index (κ2) is 6.89. The minimum atomic E-state index is 0.394. The summed E-state index contributed by atoms with van der Waals surface area (Å²) in [6, 6.07) is 17.7. The number of nitrogens with zero attached hydrogens (tertiary/aromatic N) is 2. The topological polar surface area (TPSA) is 57.4 Å². The maximum absolute atomic E-state index is 4.50. The van der Waals surface area contributed by atoms with Gasteiger partial charge in [0.05, 0.1) is 23.8 Å². The highest BCUT2D eigenvalue weighted by Gasteiger charge is 2.08. The van der Waals surface area contributed by atoms with Gasteiger partial charge in [0.1, 0.15) is 11.6 Å². The van der Waals surface area contributed by atoms with E-state index in [1.54, 1.807) is 0 Å². The zero-order valence-corrected chi connectivity index (χ0v) is 17.0. The van der Waals surface area contributed by atoms with Crippen LogP contribution in [-0.4, -0.2) is 19.9 Å². The molecule has 144 valence electrons. The highest BCUT2D eigenvalue weighted by molar-refractivity contribution is 6.00. The number of aromatic amines is 2. The van der Waals surface area contributed by atoms with Crippen LogP contribution in [-0.2, 0) is 6.42 Å². The molecule has 3 aromatic carbocycles. The van der Waals surface area contributed by atoms with Crippen LogP contribution in [0.25, 0.3) is 44.1 Å². The van der Waals surface area contributed by atoms with Gasteiger partial charge in [0.2, 0.25) is 0 Å². The molecular formula is C25H24N4. The summed E-state index contributed by atoms with van der Waals surface area (Å²) in [6.45, 7) is 6.40. The Balaban J connectivity index is 1.56. The summed E-state index contributed by atoms with van der Waals surface area (Å²) in [5, 5.41) is 4.94. The fourth-order valence-electron chi connectivity index (χ4n) is 3.80. The molecule has 2 aromatic heterocycles. The molecule has 0 spiro atoms. The molecular weight excluding hydrogens is 356 g/mol. The van der Waals surface area contributed by atoms with Crippen molar-refractivity contribution in [3.63, 3.8) is 0 Å². The molecule has 0 aliphatic carbocycles. The van der Waals surface area contributed by atoms with Crippen molar-refractivity contribution >= 4 is 21.5 Å². The van der Waals surface area contributed by atoms with Crippen LogP contribution < -0.4 is 0 Å². The third kappa shape index (κ3) is 3.21. The quantitative estimate of drug-likeness (QED) is 0.352. The SMILES string of the molecule is CCc1ncc(-c2ccc3cc4cc(-c5cnc(C(C)C)[nH]5)ccc4cc3c2)[nH]1. The number of benzene rings is 3. The lowest BCUT2D eigenvalue weighted by Gasteiger charge is -2.07. The minimum Gasteiger partial charge on any atom is -0.342 e. The second-order valence-electron chi connectivity index (χ2n) is 7.91. The van der Waals surface area contributed by atoms with E-state index in [0.29, 0.717) is 5.92 Å². The van der Waals surface area contributed by atoms with Crippen molar-refractivity contribution in [1.82, 2.24) is 19.9 Å². The van der Waals surface area contributed by atoms with Crippen LogP contribution in [0.4, 0.5) is 0 Å². The third-order valence-electron chi connectivity index (χ3n) is 5.52. The van der Waals surface area contributed by atoms with E-state index >= 15 is 0 Å². The van der Waals surface area contributed by atoms with Crippen molar-refractivity contribution in [2.45, 2.75) is 33.1 Å². The Morgan fingerprint density at radius 3 is 1.83 bits per heavy atom. The van der Waals surface area contributed by atoms with E-state index < -0.39 is 0 Å². The summed E-state index contributed by atoms with van der Waals surface area (Å²) in [5.74, 6) is 2.44. The van der Waals surface area contributed by atoms with Gasteiger partial charge in [-0.05, 0) is 45.8 Å². The minimum absolute atomic E-state index is 0.394. The second-order valence-corrected chi connectivity index (χ2v) is 7.91. The molecule has 2 heterocycles. The molecule has 0 saturated carbocycles. The van der Waals surface area contributed by atoms with Gasteiger partial charge >= 0.3 is 0 Å². The summed E-state index contributed by atoms with van der Waals surface area (Å²) in [5.41, 5.74) is 4.47. The van der Waals surface area contributed by atoms with Crippen LogP contribution >= 0.6 is 0 Å². The van der Waals surface area contributed by atoms with Crippen molar-refractivity contribution in [3.8, 4) is 22.5 Å². The number of imidazole rings is 2. The Morgan fingerprint density at radius 2 is 1.31 bits per heavy atom. The molecule has 5 rings (SSSR count). The molecule has 0 unspecified atom stereocenters. The summed E-state index contributed by atoms with van der Waals surface area (Å²) < 4.78 is 0. The first kappa shape index (κ1) is 17.7. The number of aromatic nitrogens is 4. The van der Waals surface area contributed by atoms with Crippen LogP contribution in [0.3, 0.4) is 0 Å². The van der Waals surface area contributed by atoms with Crippen molar-refractivity contribution in [1.29, 1.82) is 0 Å². The van der Waals surface area contributed by atoms with Gasteiger partial charge in [0, 0.05) is 23.5 Å². The Morgan fingerprint density at radius 1 is 0.724 bits per heavy atom. The zero-order chi connectivity index (χ0) is 20.0. The largest absolute Gasteiger partial charge is 0.342 e. The number of hydrogen-bond donors (Lipinski definition) is 2. The lowest BCUT2D eigenvalue weighted by molar-refractivity contribution is 0.795. The molecule has 4 nitrogen and oxygen atoms in total. The molecule has 0 aliphatic heterocycles. The predicted octanol–water partition coefficient (Wildman–Crippen LogP) is 6.46. The molecule has 0 bridgehead atoms. The number of aryl methyl sites for hydroxylation is 1. The summed E-state index contributed by atoms with van der Waals surface area (Å²) >= 11 is 0. The van der Waals surface area contributed by atoms with Crippen LogP contribution in [0, 0.1) is 0 Å². The molecule has 0 atom stereocenters. The lowest BCUT2D eigenvalue weighted by Crippen LogP contribution is -1.89. The summed E-state index contributed by atoms with van der Waals surface area (Å²) in [6.07, 6.45) is 4.76. The average molecular weight is 380 g/mol. The number of rotatable bonds is 4. The van der Waals surface area contributed by atoms with Crippen molar-refractivity contribution in [2.24, 2.45) is 0 Å². The Bertz CT molecular complexity index is 1320. The van der Waals surface area contributed by atoms with E-state index in [1.165, 1.54) is 27.1 Å². The van der Waals surface area contributed by atoms with Gasteiger partial charge in [-0.25, -0.2) is 9.97 Å². The predicted molar refractivity (Wildman–Crippen MR) is 120 cm³/mol. The van der Waals surface area contributed by atoms with Gasteiger partial charge in [-0.1, -0.05) is 45.0 Å². The van der Waals surface area contributed by atoms with E-state index in [4.69, 9.17) is 0 Å². The lowest BCUT2D eigenvalue weighted by atomic mass is 9.99. The molecule has 0 radical (unpaired) electrons. The van der Waals surface area contributed by atoms with Gasteiger partial charge in [-0.3, -0.25) is 0 Å². The number of hydrogen-bond acceptors (Lipinski definition) is 2. The smallest absolute Gasteiger partial charge is 0.109 e. The van der Waals surface area contributed by atoms with Crippen molar-refractivity contribution in [2.75, 3.05) is 0 Å². The maximum Gasteiger partial charge on any atom is 0.109 e. The zero-order valence-electron chi connectivity index (χ0n) is 17.0. The monoisotopic (exact) mass is 380 g/mol. The van der Waals surface area contributed by atoms with E-state index in [0.717, 1.165) is 35.0 Å². The van der Waals surface area contributed by atoms with Crippen LogP contribution in [0.2, 0.25) is 0 Å². The highest BCUT2D eigenvalue weighted by Crippen LogP contribution is 2.30. The van der Waals surface area contributed by atoms with Crippen molar-refractivity contribution < 1.29 is 0 Å². The Labute approximate surface area is 170 Å². The van der Waals surface area contributed by atoms with Crippen LogP contribution in [0.1, 0.15) is 38.3 Å². The van der Waals surface area contributed by atoms with E-state index in [2.05, 4.69) is 89.2 Å². The molecule has 0 saturated heterocycles. The van der Waals surface area contributed by atoms with E-state index in [-0.39, 0.29) is 0 Å². The molecule has 0 aliphatic rings.